The molecule has 1 saturated heterocycles. The Kier molecular flexibility index (Phi) is 3.19. The number of quaternary nitrogens is 1. The molecule has 0 aromatic heterocycles. The molecule has 0 saturated carbocycles. The highest BCUT2D eigenvalue weighted by molar-refractivity contribution is 6.00. The molecule has 106 valence electrons. The quantitative estimate of drug-likeness (QED) is 0.730. The highest BCUT2D eigenvalue weighted by Crippen LogP contribution is 2.28. The molecule has 0 aliphatic carbocycles. The first-order valence-corrected chi connectivity index (χ1v) is 6.80. The summed E-state index contributed by atoms with van der Waals surface area (Å²) in [7, 11) is 1.82. The minimum absolute atomic E-state index is 0.143. The zero-order valence-corrected chi connectivity index (χ0v) is 11.3. The number of amides is 2. The minimum Gasteiger partial charge on any atom is -0.627 e. The molecular weight excluding hydrogens is 258 g/mol. The first-order chi connectivity index (χ1) is 9.61. The number of carbonyl (C=O) groups excluding carboxylic acids is 2. The number of nitrogens with zero attached hydrogens (tertiary/aromatic N) is 1. The molecule has 2 N–H and O–H groups in total. The molecule has 0 spiro atoms. The molecule has 6 nitrogen and oxygen atoms in total. The van der Waals surface area contributed by atoms with Crippen molar-refractivity contribution in [1.29, 1.82) is 0 Å². The first kappa shape index (κ1) is 13.1. The molecule has 3 rings (SSSR count). The van der Waals surface area contributed by atoms with Crippen molar-refractivity contribution < 1.29 is 14.7 Å². The van der Waals surface area contributed by atoms with Crippen LogP contribution in [-0.2, 0) is 11.3 Å². The van der Waals surface area contributed by atoms with Gasteiger partial charge >= 0.3 is 5.91 Å². The number of hydrogen-bond acceptors (Lipinski definition) is 4. The predicted molar refractivity (Wildman–Crippen MR) is 73.1 cm³/mol. The summed E-state index contributed by atoms with van der Waals surface area (Å²) in [6.07, 6.45) is 1.26. The number of rotatable bonds is 2. The predicted octanol–water partition coefficient (Wildman–Crippen LogP) is -0.244. The van der Waals surface area contributed by atoms with Crippen LogP contribution in [-0.4, -0.2) is 36.3 Å². The van der Waals surface area contributed by atoms with Gasteiger partial charge in [0, 0.05) is 24.8 Å². The number of carbonyl (C=O) groups is 2. The first-order valence-electron chi connectivity index (χ1n) is 6.80. The summed E-state index contributed by atoms with van der Waals surface area (Å²) < 4.78 is 0. The average molecular weight is 275 g/mol. The highest BCUT2D eigenvalue weighted by Gasteiger charge is 2.40. The average Bonchev–Trinajstić information content (AvgIpc) is 2.78. The Balaban J connectivity index is 1.87. The number of hydroxylamine groups is 2. The van der Waals surface area contributed by atoms with Crippen LogP contribution >= 0.6 is 0 Å². The third kappa shape index (κ3) is 1.97. The second-order valence-corrected chi connectivity index (χ2v) is 5.25. The van der Waals surface area contributed by atoms with Gasteiger partial charge < -0.3 is 20.5 Å². The van der Waals surface area contributed by atoms with Crippen molar-refractivity contribution in [3.63, 3.8) is 0 Å². The van der Waals surface area contributed by atoms with E-state index in [1.807, 2.05) is 19.2 Å². The van der Waals surface area contributed by atoms with Gasteiger partial charge in [-0.1, -0.05) is 0 Å². The maximum atomic E-state index is 12.4. The molecular formula is C14H17N3O3. The standard InChI is InChI=1S/C14H17N3O3/c1-15-10-4-5-11-9(7-10)8-16(13(11)18)12-3-2-6-17(20)14(12)19/h4-5,7,12,15,17H,2-3,6,8H2,1H3. The smallest absolute Gasteiger partial charge is 0.334 e. The van der Waals surface area contributed by atoms with Crippen molar-refractivity contribution in [1.82, 2.24) is 4.90 Å². The summed E-state index contributed by atoms with van der Waals surface area (Å²) in [5.74, 6) is -0.554. The van der Waals surface area contributed by atoms with Crippen LogP contribution in [0.4, 0.5) is 5.69 Å². The second kappa shape index (κ2) is 4.88. The largest absolute Gasteiger partial charge is 0.627 e. The molecule has 2 atom stereocenters. The van der Waals surface area contributed by atoms with Crippen molar-refractivity contribution >= 4 is 17.5 Å². The lowest BCUT2D eigenvalue weighted by Crippen LogP contribution is -3.13. The third-order valence-electron chi connectivity index (χ3n) is 4.06. The maximum absolute atomic E-state index is 12.4. The lowest BCUT2D eigenvalue weighted by atomic mass is 10.0. The number of piperidine rings is 1. The monoisotopic (exact) mass is 275 g/mol. The Labute approximate surface area is 116 Å². The van der Waals surface area contributed by atoms with Crippen molar-refractivity contribution in [2.45, 2.75) is 25.4 Å². The van der Waals surface area contributed by atoms with E-state index in [1.54, 1.807) is 11.0 Å². The molecule has 1 aromatic rings. The molecule has 2 heterocycles. The van der Waals surface area contributed by atoms with Gasteiger partial charge in [0.15, 0.2) is 0 Å². The van der Waals surface area contributed by atoms with E-state index in [2.05, 4.69) is 5.32 Å². The summed E-state index contributed by atoms with van der Waals surface area (Å²) in [6, 6.07) is 4.96. The van der Waals surface area contributed by atoms with E-state index in [9.17, 15) is 14.8 Å². The van der Waals surface area contributed by atoms with Crippen LogP contribution in [0.25, 0.3) is 0 Å². The third-order valence-corrected chi connectivity index (χ3v) is 4.06. The Morgan fingerprint density at radius 2 is 2.20 bits per heavy atom. The van der Waals surface area contributed by atoms with E-state index >= 15 is 0 Å². The van der Waals surface area contributed by atoms with E-state index in [-0.39, 0.29) is 11.0 Å². The molecule has 2 aliphatic heterocycles. The van der Waals surface area contributed by atoms with Crippen LogP contribution in [0.15, 0.2) is 18.2 Å². The van der Waals surface area contributed by atoms with Gasteiger partial charge in [0.25, 0.3) is 5.91 Å². The fourth-order valence-corrected chi connectivity index (χ4v) is 2.94. The number of fused-ring (bicyclic) bond motifs is 1. The van der Waals surface area contributed by atoms with Gasteiger partial charge in [-0.05, 0) is 36.6 Å². The van der Waals surface area contributed by atoms with Crippen LogP contribution in [0.2, 0.25) is 0 Å². The van der Waals surface area contributed by atoms with Crippen LogP contribution in [0, 0.1) is 5.21 Å². The van der Waals surface area contributed by atoms with Crippen molar-refractivity contribution in [2.75, 3.05) is 18.9 Å². The van der Waals surface area contributed by atoms with Gasteiger partial charge in [-0.2, -0.15) is 0 Å². The Morgan fingerprint density at radius 3 is 2.95 bits per heavy atom. The number of hydrogen-bond donors (Lipinski definition) is 2. The molecule has 1 aromatic carbocycles. The summed E-state index contributed by atoms with van der Waals surface area (Å²) in [6.45, 7) is 0.724. The maximum Gasteiger partial charge on any atom is 0.334 e. The van der Waals surface area contributed by atoms with E-state index in [0.717, 1.165) is 11.3 Å². The van der Waals surface area contributed by atoms with E-state index < -0.39 is 11.9 Å². The number of benzene rings is 1. The van der Waals surface area contributed by atoms with Gasteiger partial charge in [-0.25, -0.2) is 4.79 Å². The van der Waals surface area contributed by atoms with E-state index in [0.29, 0.717) is 31.5 Å². The van der Waals surface area contributed by atoms with Crippen molar-refractivity contribution in [2.24, 2.45) is 0 Å². The Bertz CT molecular complexity index is 573. The number of anilines is 1. The van der Waals surface area contributed by atoms with E-state index in [4.69, 9.17) is 0 Å². The van der Waals surface area contributed by atoms with Gasteiger partial charge in [-0.3, -0.25) is 4.79 Å². The van der Waals surface area contributed by atoms with Crippen LogP contribution < -0.4 is 10.4 Å². The molecule has 0 radical (unpaired) electrons. The fraction of sp³-hybridized carbons (Fsp3) is 0.429. The lowest BCUT2D eigenvalue weighted by Gasteiger charge is -2.34. The Morgan fingerprint density at radius 1 is 1.40 bits per heavy atom. The van der Waals surface area contributed by atoms with Gasteiger partial charge in [0.05, 0.1) is 6.54 Å². The summed E-state index contributed by atoms with van der Waals surface area (Å²) in [5.41, 5.74) is 2.48. The summed E-state index contributed by atoms with van der Waals surface area (Å²) in [4.78, 5) is 25.9. The zero-order valence-electron chi connectivity index (χ0n) is 11.3. The van der Waals surface area contributed by atoms with Crippen molar-refractivity contribution in [3.05, 3.63) is 34.5 Å². The molecule has 2 unspecified atom stereocenters. The molecule has 2 aliphatic rings. The summed E-state index contributed by atoms with van der Waals surface area (Å²) in [5, 5.41) is 14.2. The number of nitrogens with one attached hydrogen (secondary N) is 2. The van der Waals surface area contributed by atoms with E-state index in [1.165, 1.54) is 0 Å². The van der Waals surface area contributed by atoms with Gasteiger partial charge in [0.2, 0.25) is 0 Å². The van der Waals surface area contributed by atoms with Crippen LogP contribution in [0.1, 0.15) is 28.8 Å². The van der Waals surface area contributed by atoms with Gasteiger partial charge in [-0.15, -0.1) is 0 Å². The topological polar surface area (TPSA) is 76.9 Å². The second-order valence-electron chi connectivity index (χ2n) is 5.25. The highest BCUT2D eigenvalue weighted by atomic mass is 16.5. The molecule has 20 heavy (non-hydrogen) atoms. The van der Waals surface area contributed by atoms with Gasteiger partial charge in [0.1, 0.15) is 6.04 Å². The van der Waals surface area contributed by atoms with Crippen LogP contribution in [0.5, 0.6) is 0 Å². The molecule has 1 fully saturated rings. The normalized spacial score (nSPS) is 25.8. The van der Waals surface area contributed by atoms with Crippen molar-refractivity contribution in [3.8, 4) is 0 Å². The SMILES string of the molecule is CNc1ccc2c(c1)CN(C1CCC[NH+]([O-])C1=O)C2=O. The minimum atomic E-state index is -0.575. The Hall–Kier alpha value is -1.92. The molecule has 0 bridgehead atoms. The van der Waals surface area contributed by atoms with Crippen LogP contribution in [0.3, 0.4) is 0 Å². The zero-order chi connectivity index (χ0) is 14.3. The molecule has 2 amide bonds. The molecule has 6 heteroatoms. The summed E-state index contributed by atoms with van der Waals surface area (Å²) >= 11 is 0. The fourth-order valence-electron chi connectivity index (χ4n) is 2.94. The lowest BCUT2D eigenvalue weighted by molar-refractivity contribution is -0.770.